The molecule has 8 heteroatoms. The summed E-state index contributed by atoms with van der Waals surface area (Å²) in [5.74, 6) is 0.286. The first-order valence-electron chi connectivity index (χ1n) is 6.56. The number of sulfonamides is 1. The van der Waals surface area contributed by atoms with Gasteiger partial charge in [-0.3, -0.25) is 0 Å². The van der Waals surface area contributed by atoms with Crippen molar-refractivity contribution in [3.63, 3.8) is 0 Å². The fourth-order valence-corrected chi connectivity index (χ4v) is 3.28. The Hall–Kier alpha value is -1.35. The van der Waals surface area contributed by atoms with Crippen molar-refractivity contribution in [1.82, 2.24) is 4.72 Å². The van der Waals surface area contributed by atoms with E-state index in [0.29, 0.717) is 18.7 Å². The lowest BCUT2D eigenvalue weighted by Gasteiger charge is -2.26. The molecule has 2 atom stereocenters. The van der Waals surface area contributed by atoms with Crippen molar-refractivity contribution in [2.24, 2.45) is 0 Å². The van der Waals surface area contributed by atoms with Crippen LogP contribution in [-0.4, -0.2) is 45.5 Å². The molecule has 0 radical (unpaired) electrons. The minimum atomic E-state index is -3.76. The molecule has 2 rings (SSSR count). The summed E-state index contributed by atoms with van der Waals surface area (Å²) in [5, 5.41) is 10.3. The van der Waals surface area contributed by atoms with E-state index in [1.165, 1.54) is 25.3 Å². The normalized spacial score (nSPS) is 26.0. The van der Waals surface area contributed by atoms with Crippen LogP contribution in [-0.2, 0) is 14.8 Å². The summed E-state index contributed by atoms with van der Waals surface area (Å²) in [6.07, 6.45) is -0.0250. The Morgan fingerprint density at radius 2 is 2.29 bits per heavy atom. The average molecular weight is 316 g/mol. The zero-order valence-electron chi connectivity index (χ0n) is 12.0. The van der Waals surface area contributed by atoms with Gasteiger partial charge in [-0.2, -0.15) is 0 Å². The largest absolute Gasteiger partial charge is 0.495 e. The summed E-state index contributed by atoms with van der Waals surface area (Å²) in [6.45, 7) is 2.02. The van der Waals surface area contributed by atoms with Crippen molar-refractivity contribution in [1.29, 1.82) is 0 Å². The highest BCUT2D eigenvalue weighted by atomic mass is 32.2. The van der Waals surface area contributed by atoms with E-state index in [4.69, 9.17) is 15.2 Å². The van der Waals surface area contributed by atoms with Crippen LogP contribution in [0.1, 0.15) is 13.3 Å². The molecule has 4 N–H and O–H groups in total. The average Bonchev–Trinajstić information content (AvgIpc) is 2.77. The van der Waals surface area contributed by atoms with Crippen LogP contribution in [0.25, 0.3) is 0 Å². The van der Waals surface area contributed by atoms with Gasteiger partial charge in [0.25, 0.3) is 0 Å². The first-order valence-corrected chi connectivity index (χ1v) is 8.04. The van der Waals surface area contributed by atoms with E-state index in [1.807, 2.05) is 0 Å². The van der Waals surface area contributed by atoms with E-state index in [-0.39, 0.29) is 17.2 Å². The highest BCUT2D eigenvalue weighted by Crippen LogP contribution is 2.27. The van der Waals surface area contributed by atoms with E-state index in [2.05, 4.69) is 4.72 Å². The highest BCUT2D eigenvalue weighted by Gasteiger charge is 2.40. The molecule has 2 unspecified atom stereocenters. The second kappa shape index (κ2) is 5.80. The predicted molar refractivity (Wildman–Crippen MR) is 77.6 cm³/mol. The molecule has 1 aromatic carbocycles. The summed E-state index contributed by atoms with van der Waals surface area (Å²) in [5.41, 5.74) is 4.82. The second-order valence-corrected chi connectivity index (χ2v) is 6.86. The van der Waals surface area contributed by atoms with E-state index >= 15 is 0 Å². The van der Waals surface area contributed by atoms with Crippen LogP contribution in [0, 0.1) is 0 Å². The van der Waals surface area contributed by atoms with Crippen molar-refractivity contribution < 1.29 is 23.0 Å². The number of anilines is 1. The standard InChI is InChI=1S/C13H20N2O5S/c1-9-13(16,5-6-20-9)8-15-21(17,18)10-3-4-11(14)12(7-10)19-2/h3-4,7,9,15-16H,5-6,8,14H2,1-2H3. The SMILES string of the molecule is COc1cc(S(=O)(=O)NCC2(O)CCOC2C)ccc1N. The van der Waals surface area contributed by atoms with Crippen molar-refractivity contribution in [2.75, 3.05) is 26.0 Å². The number of nitrogens with two attached hydrogens (primary N) is 1. The number of rotatable bonds is 5. The van der Waals surface area contributed by atoms with Gasteiger partial charge >= 0.3 is 0 Å². The minimum Gasteiger partial charge on any atom is -0.495 e. The molecule has 118 valence electrons. The third-order valence-corrected chi connectivity index (χ3v) is 5.14. The second-order valence-electron chi connectivity index (χ2n) is 5.09. The number of methoxy groups -OCH3 is 1. The Bertz CT molecular complexity index is 619. The van der Waals surface area contributed by atoms with Crippen LogP contribution >= 0.6 is 0 Å². The third-order valence-electron chi connectivity index (χ3n) is 3.74. The molecule has 1 heterocycles. The topological polar surface area (TPSA) is 111 Å². The molecule has 1 aliphatic heterocycles. The number of nitrogens with one attached hydrogen (secondary N) is 1. The van der Waals surface area contributed by atoms with Gasteiger partial charge in [0.2, 0.25) is 10.0 Å². The van der Waals surface area contributed by atoms with E-state index in [1.54, 1.807) is 6.92 Å². The number of hydrogen-bond donors (Lipinski definition) is 3. The molecule has 21 heavy (non-hydrogen) atoms. The molecular weight excluding hydrogens is 296 g/mol. The molecule has 0 aliphatic carbocycles. The summed E-state index contributed by atoms with van der Waals surface area (Å²) in [4.78, 5) is 0.0312. The maximum Gasteiger partial charge on any atom is 0.240 e. The van der Waals surface area contributed by atoms with Crippen LogP contribution in [0.15, 0.2) is 23.1 Å². The Labute approximate surface area is 124 Å². The monoisotopic (exact) mass is 316 g/mol. The maximum atomic E-state index is 12.3. The number of hydrogen-bond acceptors (Lipinski definition) is 6. The van der Waals surface area contributed by atoms with E-state index in [9.17, 15) is 13.5 Å². The lowest BCUT2D eigenvalue weighted by molar-refractivity contribution is -0.0228. The molecule has 1 aliphatic rings. The predicted octanol–water partition coefficient (Wildman–Crippen LogP) is 0.0956. The van der Waals surface area contributed by atoms with Gasteiger partial charge in [-0.25, -0.2) is 13.1 Å². The number of benzene rings is 1. The quantitative estimate of drug-likeness (QED) is 0.664. The summed E-state index contributed by atoms with van der Waals surface area (Å²) in [7, 11) is -2.35. The molecule has 0 spiro atoms. The number of nitrogen functional groups attached to an aromatic ring is 1. The van der Waals surface area contributed by atoms with Crippen LogP contribution in [0.4, 0.5) is 5.69 Å². The van der Waals surface area contributed by atoms with E-state index in [0.717, 1.165) is 0 Å². The molecule has 1 fully saturated rings. The minimum absolute atomic E-state index is 0.0312. The lowest BCUT2D eigenvalue weighted by Crippen LogP contribution is -2.47. The van der Waals surface area contributed by atoms with Gasteiger partial charge < -0.3 is 20.3 Å². The molecule has 0 aromatic heterocycles. The van der Waals surface area contributed by atoms with Crippen LogP contribution < -0.4 is 15.2 Å². The smallest absolute Gasteiger partial charge is 0.240 e. The van der Waals surface area contributed by atoms with Gasteiger partial charge in [-0.15, -0.1) is 0 Å². The van der Waals surface area contributed by atoms with Crippen molar-refractivity contribution >= 4 is 15.7 Å². The molecule has 1 aromatic rings. The molecule has 7 nitrogen and oxygen atoms in total. The van der Waals surface area contributed by atoms with Gasteiger partial charge in [-0.05, 0) is 19.1 Å². The van der Waals surface area contributed by atoms with Crippen LogP contribution in [0.5, 0.6) is 5.75 Å². The molecule has 1 saturated heterocycles. The summed E-state index contributed by atoms with van der Waals surface area (Å²) < 4.78 is 37.2. The van der Waals surface area contributed by atoms with Gasteiger partial charge in [0, 0.05) is 25.6 Å². The fraction of sp³-hybridized carbons (Fsp3) is 0.538. The maximum absolute atomic E-state index is 12.3. The lowest BCUT2D eigenvalue weighted by atomic mass is 9.97. The molecular formula is C13H20N2O5S. The molecule has 0 saturated carbocycles. The van der Waals surface area contributed by atoms with Crippen molar-refractivity contribution in [2.45, 2.75) is 29.9 Å². The molecule has 0 bridgehead atoms. The Morgan fingerprint density at radius 3 is 2.86 bits per heavy atom. The van der Waals surface area contributed by atoms with Gasteiger partial charge in [0.1, 0.15) is 11.4 Å². The first-order chi connectivity index (χ1) is 9.78. The Morgan fingerprint density at radius 1 is 1.57 bits per heavy atom. The fourth-order valence-electron chi connectivity index (χ4n) is 2.16. The van der Waals surface area contributed by atoms with E-state index < -0.39 is 21.7 Å². The summed E-state index contributed by atoms with van der Waals surface area (Å²) >= 11 is 0. The van der Waals surface area contributed by atoms with Crippen LogP contribution in [0.2, 0.25) is 0 Å². The number of ether oxygens (including phenoxy) is 2. The van der Waals surface area contributed by atoms with Crippen molar-refractivity contribution in [3.8, 4) is 5.75 Å². The van der Waals surface area contributed by atoms with Crippen molar-refractivity contribution in [3.05, 3.63) is 18.2 Å². The van der Waals surface area contributed by atoms with Gasteiger partial charge in [0.15, 0.2) is 0 Å². The Kier molecular flexibility index (Phi) is 4.43. The van der Waals surface area contributed by atoms with Gasteiger partial charge in [0.05, 0.1) is 23.8 Å². The molecule has 0 amide bonds. The zero-order valence-corrected chi connectivity index (χ0v) is 12.8. The highest BCUT2D eigenvalue weighted by molar-refractivity contribution is 7.89. The van der Waals surface area contributed by atoms with Gasteiger partial charge in [-0.1, -0.05) is 0 Å². The summed E-state index contributed by atoms with van der Waals surface area (Å²) in [6, 6.07) is 4.19. The third kappa shape index (κ3) is 3.29. The first kappa shape index (κ1) is 16.0. The van der Waals surface area contributed by atoms with Crippen LogP contribution in [0.3, 0.4) is 0 Å². The Balaban J connectivity index is 2.15. The number of aliphatic hydroxyl groups is 1. The zero-order chi connectivity index (χ0) is 15.7.